The first-order valence-electron chi connectivity index (χ1n) is 8.53. The van der Waals surface area contributed by atoms with E-state index in [1.54, 1.807) is 24.3 Å². The van der Waals surface area contributed by atoms with Crippen LogP contribution in [0.15, 0.2) is 66.7 Å². The summed E-state index contributed by atoms with van der Waals surface area (Å²) in [6, 6.07) is 18.2. The highest BCUT2D eigenvalue weighted by Crippen LogP contribution is 2.23. The van der Waals surface area contributed by atoms with Gasteiger partial charge in [-0.25, -0.2) is 13.2 Å². The van der Waals surface area contributed by atoms with E-state index in [0.29, 0.717) is 5.75 Å². The van der Waals surface area contributed by atoms with Crippen LogP contribution in [0, 0.1) is 17.5 Å². The maximum absolute atomic E-state index is 13.5. The molecule has 0 aromatic heterocycles. The van der Waals surface area contributed by atoms with Crippen molar-refractivity contribution in [1.82, 2.24) is 0 Å². The summed E-state index contributed by atoms with van der Waals surface area (Å²) >= 11 is 0. The maximum atomic E-state index is 13.5. The number of hydrogen-bond donors (Lipinski definition) is 2. The van der Waals surface area contributed by atoms with Gasteiger partial charge in [0.1, 0.15) is 11.5 Å². The molecule has 1 amide bonds. The molecule has 0 unspecified atom stereocenters. The number of nitrogens with one attached hydrogen (secondary N) is 2. The summed E-state index contributed by atoms with van der Waals surface area (Å²) < 4.78 is 45.3. The lowest BCUT2D eigenvalue weighted by Crippen LogP contribution is -2.17. The fourth-order valence-corrected chi connectivity index (χ4v) is 2.42. The molecule has 7 heteroatoms. The predicted molar refractivity (Wildman–Crippen MR) is 101 cm³/mol. The van der Waals surface area contributed by atoms with Crippen molar-refractivity contribution in [3.05, 3.63) is 84.2 Å². The van der Waals surface area contributed by atoms with Crippen LogP contribution >= 0.6 is 0 Å². The van der Waals surface area contributed by atoms with Crippen molar-refractivity contribution in [3.63, 3.8) is 0 Å². The van der Waals surface area contributed by atoms with Gasteiger partial charge in [0.05, 0.1) is 5.69 Å². The van der Waals surface area contributed by atoms with E-state index in [2.05, 4.69) is 10.6 Å². The van der Waals surface area contributed by atoms with Gasteiger partial charge in [0.15, 0.2) is 17.5 Å². The van der Waals surface area contributed by atoms with E-state index in [4.69, 9.17) is 4.74 Å². The van der Waals surface area contributed by atoms with E-state index in [1.165, 1.54) is 0 Å². The van der Waals surface area contributed by atoms with Crippen LogP contribution in [-0.4, -0.2) is 12.5 Å². The summed E-state index contributed by atoms with van der Waals surface area (Å²) in [5.41, 5.74) is 0.374. The number of anilines is 2. The summed E-state index contributed by atoms with van der Waals surface area (Å²) in [5, 5.41) is 5.26. The zero-order valence-electron chi connectivity index (χ0n) is 14.7. The molecule has 0 aliphatic heterocycles. The van der Waals surface area contributed by atoms with Gasteiger partial charge in [0.2, 0.25) is 5.91 Å². The van der Waals surface area contributed by atoms with Crippen LogP contribution in [0.3, 0.4) is 0 Å². The molecule has 0 bridgehead atoms. The van der Waals surface area contributed by atoms with Crippen LogP contribution < -0.4 is 15.4 Å². The number of halogens is 3. The SMILES string of the molecule is O=C(CCNc1ccc(Oc2ccccc2)cc1)Nc1ccc(F)c(F)c1F. The molecule has 0 saturated carbocycles. The first-order chi connectivity index (χ1) is 13.5. The minimum absolute atomic E-state index is 0.0146. The van der Waals surface area contributed by atoms with Crippen LogP contribution in [0.5, 0.6) is 11.5 Å². The molecule has 2 N–H and O–H groups in total. The molecule has 0 heterocycles. The average molecular weight is 386 g/mol. The van der Waals surface area contributed by atoms with Gasteiger partial charge >= 0.3 is 0 Å². The van der Waals surface area contributed by atoms with Crippen LogP contribution in [0.2, 0.25) is 0 Å². The summed E-state index contributed by atoms with van der Waals surface area (Å²) in [7, 11) is 0. The lowest BCUT2D eigenvalue weighted by atomic mass is 10.2. The van der Waals surface area contributed by atoms with Gasteiger partial charge in [-0.15, -0.1) is 0 Å². The predicted octanol–water partition coefficient (Wildman–Crippen LogP) is 5.34. The molecule has 0 radical (unpaired) electrons. The molecule has 144 valence electrons. The molecule has 0 aliphatic carbocycles. The molecule has 3 rings (SSSR count). The Kier molecular flexibility index (Phi) is 6.16. The van der Waals surface area contributed by atoms with Gasteiger partial charge in [0, 0.05) is 18.7 Å². The monoisotopic (exact) mass is 386 g/mol. The number of carbonyl (C=O) groups excluding carboxylic acids is 1. The van der Waals surface area contributed by atoms with E-state index < -0.39 is 29.0 Å². The molecular formula is C21H17F3N2O2. The van der Waals surface area contributed by atoms with Crippen LogP contribution in [0.25, 0.3) is 0 Å². The maximum Gasteiger partial charge on any atom is 0.226 e. The number of hydrogen-bond acceptors (Lipinski definition) is 3. The van der Waals surface area contributed by atoms with Gasteiger partial charge in [-0.1, -0.05) is 18.2 Å². The Morgan fingerprint density at radius 3 is 2.21 bits per heavy atom. The third kappa shape index (κ3) is 5.03. The minimum atomic E-state index is -1.62. The topological polar surface area (TPSA) is 50.4 Å². The van der Waals surface area contributed by atoms with E-state index in [9.17, 15) is 18.0 Å². The number of amides is 1. The van der Waals surface area contributed by atoms with Crippen molar-refractivity contribution in [3.8, 4) is 11.5 Å². The van der Waals surface area contributed by atoms with Crippen LogP contribution in [-0.2, 0) is 4.79 Å². The Bertz CT molecular complexity index is 948. The smallest absolute Gasteiger partial charge is 0.226 e. The molecular weight excluding hydrogens is 369 g/mol. The quantitative estimate of drug-likeness (QED) is 0.539. The van der Waals surface area contributed by atoms with E-state index in [-0.39, 0.29) is 13.0 Å². The molecule has 4 nitrogen and oxygen atoms in total. The van der Waals surface area contributed by atoms with Gasteiger partial charge < -0.3 is 15.4 Å². The largest absolute Gasteiger partial charge is 0.457 e. The van der Waals surface area contributed by atoms with Crippen molar-refractivity contribution in [1.29, 1.82) is 0 Å². The highest BCUT2D eigenvalue weighted by molar-refractivity contribution is 5.91. The second-order valence-corrected chi connectivity index (χ2v) is 5.89. The van der Waals surface area contributed by atoms with Crippen molar-refractivity contribution in [2.24, 2.45) is 0 Å². The number of carbonyl (C=O) groups is 1. The Labute approximate surface area is 160 Å². The van der Waals surface area contributed by atoms with Gasteiger partial charge in [0.25, 0.3) is 0 Å². The molecule has 0 fully saturated rings. The third-order valence-corrected chi connectivity index (χ3v) is 3.82. The fraction of sp³-hybridized carbons (Fsp3) is 0.0952. The first-order valence-corrected chi connectivity index (χ1v) is 8.53. The molecule has 0 aliphatic rings. The van der Waals surface area contributed by atoms with Crippen LogP contribution in [0.4, 0.5) is 24.5 Å². The molecule has 3 aromatic rings. The van der Waals surface area contributed by atoms with Gasteiger partial charge in [-0.2, -0.15) is 0 Å². The molecule has 3 aromatic carbocycles. The number of benzene rings is 3. The molecule has 0 saturated heterocycles. The zero-order valence-corrected chi connectivity index (χ0v) is 14.7. The Morgan fingerprint density at radius 2 is 1.50 bits per heavy atom. The number of para-hydroxylation sites is 1. The van der Waals surface area contributed by atoms with Crippen molar-refractivity contribution < 1.29 is 22.7 Å². The van der Waals surface area contributed by atoms with Crippen molar-refractivity contribution in [2.75, 3.05) is 17.2 Å². The van der Waals surface area contributed by atoms with Crippen molar-refractivity contribution in [2.45, 2.75) is 6.42 Å². The van der Waals surface area contributed by atoms with E-state index in [1.807, 2.05) is 30.3 Å². The Morgan fingerprint density at radius 1 is 0.821 bits per heavy atom. The van der Waals surface area contributed by atoms with Crippen molar-refractivity contribution >= 4 is 17.3 Å². The number of ether oxygens (including phenoxy) is 1. The third-order valence-electron chi connectivity index (χ3n) is 3.82. The standard InChI is InChI=1S/C21H17F3N2O2/c22-17-10-11-18(21(24)20(17)23)26-19(27)12-13-25-14-6-8-16(9-7-14)28-15-4-2-1-3-5-15/h1-11,25H,12-13H2,(H,26,27). The summed E-state index contributed by atoms with van der Waals surface area (Å²) in [6.07, 6.45) is 0.0146. The molecule has 28 heavy (non-hydrogen) atoms. The van der Waals surface area contributed by atoms with Gasteiger partial charge in [-0.3, -0.25) is 4.79 Å². The second kappa shape index (κ2) is 8.94. The van der Waals surface area contributed by atoms with Crippen LogP contribution in [0.1, 0.15) is 6.42 Å². The highest BCUT2D eigenvalue weighted by Gasteiger charge is 2.15. The fourth-order valence-electron chi connectivity index (χ4n) is 2.42. The first kappa shape index (κ1) is 19.3. The summed E-state index contributed by atoms with van der Waals surface area (Å²) in [4.78, 5) is 11.9. The molecule has 0 atom stereocenters. The Hall–Kier alpha value is -3.48. The lowest BCUT2D eigenvalue weighted by molar-refractivity contribution is -0.116. The normalized spacial score (nSPS) is 10.4. The second-order valence-electron chi connectivity index (χ2n) is 5.89. The Balaban J connectivity index is 1.47. The molecule has 0 spiro atoms. The number of rotatable bonds is 7. The highest BCUT2D eigenvalue weighted by atomic mass is 19.2. The summed E-state index contributed by atoms with van der Waals surface area (Å²) in [6.45, 7) is 0.274. The van der Waals surface area contributed by atoms with E-state index >= 15 is 0 Å². The minimum Gasteiger partial charge on any atom is -0.457 e. The van der Waals surface area contributed by atoms with Gasteiger partial charge in [-0.05, 0) is 48.5 Å². The zero-order chi connectivity index (χ0) is 19.9. The average Bonchev–Trinajstić information content (AvgIpc) is 2.71. The lowest BCUT2D eigenvalue weighted by Gasteiger charge is -2.10. The van der Waals surface area contributed by atoms with E-state index in [0.717, 1.165) is 23.6 Å². The summed E-state index contributed by atoms with van der Waals surface area (Å²) in [5.74, 6) is -3.48.